The maximum absolute atomic E-state index is 13.0. The Morgan fingerprint density at radius 1 is 1.21 bits per heavy atom. The molecule has 0 aromatic heterocycles. The maximum atomic E-state index is 13.0. The fraction of sp³-hybridized carbons (Fsp3) is 0.588. The molecule has 7 heteroatoms. The van der Waals surface area contributed by atoms with Gasteiger partial charge in [-0.2, -0.15) is 5.53 Å². The van der Waals surface area contributed by atoms with E-state index in [9.17, 15) is 4.79 Å². The Hall–Kier alpha value is -1.83. The van der Waals surface area contributed by atoms with Gasteiger partial charge in [-0.3, -0.25) is 4.79 Å². The average Bonchev–Trinajstić information content (AvgIpc) is 3.26. The molecule has 130 valence electrons. The lowest BCUT2D eigenvalue weighted by molar-refractivity contribution is -0.137. The number of benzene rings is 1. The Morgan fingerprint density at radius 2 is 2.04 bits per heavy atom. The SMILES string of the molecule is CCN(Cc1ccc2c(c1)OCO2)C(=O)C1CCC2NNNC2C1. The van der Waals surface area contributed by atoms with Crippen molar-refractivity contribution in [2.24, 2.45) is 5.92 Å². The molecule has 2 heterocycles. The third kappa shape index (κ3) is 2.94. The monoisotopic (exact) mass is 332 g/mol. The summed E-state index contributed by atoms with van der Waals surface area (Å²) in [6.07, 6.45) is 2.83. The van der Waals surface area contributed by atoms with E-state index in [4.69, 9.17) is 9.47 Å². The first-order chi connectivity index (χ1) is 11.7. The van der Waals surface area contributed by atoms with Crippen LogP contribution in [0.4, 0.5) is 0 Å². The van der Waals surface area contributed by atoms with Crippen LogP contribution < -0.4 is 25.9 Å². The number of amides is 1. The number of nitrogens with zero attached hydrogens (tertiary/aromatic N) is 1. The predicted octanol–water partition coefficient (Wildman–Crippen LogP) is 0.914. The van der Waals surface area contributed by atoms with Gasteiger partial charge >= 0.3 is 0 Å². The normalized spacial score (nSPS) is 27.8. The Kier molecular flexibility index (Phi) is 4.30. The second kappa shape index (κ2) is 6.58. The molecule has 1 saturated heterocycles. The summed E-state index contributed by atoms with van der Waals surface area (Å²) in [5, 5.41) is 0. The summed E-state index contributed by atoms with van der Waals surface area (Å²) < 4.78 is 10.8. The van der Waals surface area contributed by atoms with Gasteiger partial charge in [0.2, 0.25) is 12.7 Å². The lowest BCUT2D eigenvalue weighted by Gasteiger charge is -2.33. The van der Waals surface area contributed by atoms with Crippen molar-refractivity contribution in [3.8, 4) is 11.5 Å². The van der Waals surface area contributed by atoms with E-state index >= 15 is 0 Å². The van der Waals surface area contributed by atoms with E-state index in [1.807, 2.05) is 30.0 Å². The van der Waals surface area contributed by atoms with Crippen LogP contribution in [0.15, 0.2) is 18.2 Å². The second-order valence-corrected chi connectivity index (χ2v) is 6.68. The molecule has 1 amide bonds. The Bertz CT molecular complexity index is 624. The minimum absolute atomic E-state index is 0.0920. The summed E-state index contributed by atoms with van der Waals surface area (Å²) in [5.41, 5.74) is 10.5. The van der Waals surface area contributed by atoms with E-state index in [1.54, 1.807) is 0 Å². The van der Waals surface area contributed by atoms with Crippen molar-refractivity contribution in [1.82, 2.24) is 21.3 Å². The van der Waals surface area contributed by atoms with Crippen LogP contribution in [0.5, 0.6) is 11.5 Å². The van der Waals surface area contributed by atoms with Crippen LogP contribution in [0, 0.1) is 5.92 Å². The van der Waals surface area contributed by atoms with Gasteiger partial charge in [0.05, 0.1) is 0 Å². The number of hydrogen-bond donors (Lipinski definition) is 3. The average molecular weight is 332 g/mol. The van der Waals surface area contributed by atoms with Crippen molar-refractivity contribution in [3.05, 3.63) is 23.8 Å². The summed E-state index contributed by atoms with van der Waals surface area (Å²) in [6.45, 7) is 3.63. The number of ether oxygens (including phenoxy) is 2. The Balaban J connectivity index is 1.42. The van der Waals surface area contributed by atoms with Gasteiger partial charge in [-0.1, -0.05) is 6.07 Å². The van der Waals surface area contributed by atoms with E-state index in [0.717, 1.165) is 36.3 Å². The van der Waals surface area contributed by atoms with Crippen molar-refractivity contribution >= 4 is 5.91 Å². The number of nitrogens with one attached hydrogen (secondary N) is 3. The summed E-state index contributed by atoms with van der Waals surface area (Å²) in [5.74, 6) is 1.89. The molecule has 2 aliphatic heterocycles. The first-order valence-electron chi connectivity index (χ1n) is 8.68. The first kappa shape index (κ1) is 15.7. The van der Waals surface area contributed by atoms with E-state index in [1.165, 1.54) is 0 Å². The van der Waals surface area contributed by atoms with Crippen LogP contribution in [0.3, 0.4) is 0 Å². The van der Waals surface area contributed by atoms with Gasteiger partial charge in [0.1, 0.15) is 0 Å². The van der Waals surface area contributed by atoms with Gasteiger partial charge in [-0.15, -0.1) is 0 Å². The lowest BCUT2D eigenvalue weighted by atomic mass is 9.82. The van der Waals surface area contributed by atoms with Crippen molar-refractivity contribution in [3.63, 3.8) is 0 Å². The second-order valence-electron chi connectivity index (χ2n) is 6.68. The molecule has 0 bridgehead atoms. The van der Waals surface area contributed by atoms with Gasteiger partial charge in [0.15, 0.2) is 11.5 Å². The minimum Gasteiger partial charge on any atom is -0.454 e. The summed E-state index contributed by atoms with van der Waals surface area (Å²) in [4.78, 5) is 14.9. The zero-order valence-corrected chi connectivity index (χ0v) is 13.9. The minimum atomic E-state index is 0.0920. The van der Waals surface area contributed by atoms with E-state index in [-0.39, 0.29) is 18.6 Å². The standard InChI is InChI=1S/C17H24N4O3/c1-2-21(9-11-3-6-15-16(7-11)24-10-23-15)17(22)12-4-5-13-14(8-12)19-20-18-13/h3,6-7,12-14,18-20H,2,4-5,8-10H2,1H3. The van der Waals surface area contributed by atoms with E-state index in [2.05, 4.69) is 16.4 Å². The highest BCUT2D eigenvalue weighted by molar-refractivity contribution is 5.79. The molecule has 7 nitrogen and oxygen atoms in total. The summed E-state index contributed by atoms with van der Waals surface area (Å²) >= 11 is 0. The lowest BCUT2D eigenvalue weighted by Crippen LogP contribution is -2.45. The molecule has 1 aliphatic carbocycles. The van der Waals surface area contributed by atoms with E-state index < -0.39 is 0 Å². The molecule has 3 N–H and O–H groups in total. The first-order valence-corrected chi connectivity index (χ1v) is 8.68. The van der Waals surface area contributed by atoms with Gasteiger partial charge in [0.25, 0.3) is 0 Å². The molecule has 1 aromatic carbocycles. The highest BCUT2D eigenvalue weighted by atomic mass is 16.7. The number of carbonyl (C=O) groups is 1. The molecule has 3 aliphatic rings. The molecule has 3 atom stereocenters. The number of rotatable bonds is 4. The van der Waals surface area contributed by atoms with Gasteiger partial charge in [-0.05, 0) is 43.9 Å². The van der Waals surface area contributed by atoms with Crippen molar-refractivity contribution in [1.29, 1.82) is 0 Å². The van der Waals surface area contributed by atoms with Crippen LogP contribution in [-0.2, 0) is 11.3 Å². The number of fused-ring (bicyclic) bond motifs is 2. The number of hydrogen-bond acceptors (Lipinski definition) is 6. The number of hydrazine groups is 2. The highest BCUT2D eigenvalue weighted by Crippen LogP contribution is 2.33. The molecule has 4 rings (SSSR count). The van der Waals surface area contributed by atoms with Crippen LogP contribution in [-0.4, -0.2) is 36.2 Å². The van der Waals surface area contributed by atoms with Crippen LogP contribution in [0.1, 0.15) is 31.7 Å². The molecular weight excluding hydrogens is 308 g/mol. The Labute approximate surface area is 141 Å². The third-order valence-corrected chi connectivity index (χ3v) is 5.22. The molecule has 3 unspecified atom stereocenters. The van der Waals surface area contributed by atoms with Crippen molar-refractivity contribution < 1.29 is 14.3 Å². The molecule has 1 aromatic rings. The molecule has 0 spiro atoms. The fourth-order valence-corrected chi connectivity index (χ4v) is 3.82. The summed E-state index contributed by atoms with van der Waals surface area (Å²) in [7, 11) is 0. The van der Waals surface area contributed by atoms with Crippen LogP contribution in [0.2, 0.25) is 0 Å². The van der Waals surface area contributed by atoms with Crippen LogP contribution >= 0.6 is 0 Å². The fourth-order valence-electron chi connectivity index (χ4n) is 3.82. The smallest absolute Gasteiger partial charge is 0.231 e. The molecule has 24 heavy (non-hydrogen) atoms. The maximum Gasteiger partial charge on any atom is 0.231 e. The quantitative estimate of drug-likeness (QED) is 0.761. The van der Waals surface area contributed by atoms with Gasteiger partial charge in [0, 0.05) is 31.1 Å². The highest BCUT2D eigenvalue weighted by Gasteiger charge is 2.37. The summed E-state index contributed by atoms with van der Waals surface area (Å²) in [6, 6.07) is 6.66. The van der Waals surface area contributed by atoms with Crippen molar-refractivity contribution in [2.45, 2.75) is 44.8 Å². The van der Waals surface area contributed by atoms with E-state index in [0.29, 0.717) is 25.2 Å². The van der Waals surface area contributed by atoms with Gasteiger partial charge in [-0.25, -0.2) is 10.9 Å². The molecule has 2 fully saturated rings. The third-order valence-electron chi connectivity index (χ3n) is 5.22. The zero-order valence-electron chi connectivity index (χ0n) is 13.9. The molecule has 1 saturated carbocycles. The largest absolute Gasteiger partial charge is 0.454 e. The van der Waals surface area contributed by atoms with Crippen molar-refractivity contribution in [2.75, 3.05) is 13.3 Å². The zero-order chi connectivity index (χ0) is 16.5. The topological polar surface area (TPSA) is 74.9 Å². The molecule has 0 radical (unpaired) electrons. The predicted molar refractivity (Wildman–Crippen MR) is 88.0 cm³/mol. The van der Waals surface area contributed by atoms with Gasteiger partial charge < -0.3 is 14.4 Å². The Morgan fingerprint density at radius 3 is 2.92 bits per heavy atom. The number of carbonyl (C=O) groups excluding carboxylic acids is 1. The molecular formula is C17H24N4O3. The van der Waals surface area contributed by atoms with Crippen LogP contribution in [0.25, 0.3) is 0 Å².